The smallest absolute Gasteiger partial charge is 0.159 e. The number of hydrogen-bond acceptors (Lipinski definition) is 2. The molecule has 2 nitrogen and oxygen atoms in total. The van der Waals surface area contributed by atoms with E-state index in [4.69, 9.17) is 4.74 Å². The molecule has 0 aliphatic rings. The van der Waals surface area contributed by atoms with Crippen molar-refractivity contribution in [2.75, 3.05) is 7.11 Å². The summed E-state index contributed by atoms with van der Waals surface area (Å²) in [6, 6.07) is 8.34. The van der Waals surface area contributed by atoms with Gasteiger partial charge in [0.05, 0.1) is 11.6 Å². The van der Waals surface area contributed by atoms with Gasteiger partial charge < -0.3 is 9.84 Å². The third-order valence-electron chi connectivity index (χ3n) is 2.75. The van der Waals surface area contributed by atoms with Gasteiger partial charge in [-0.15, -0.1) is 0 Å². The van der Waals surface area contributed by atoms with Gasteiger partial charge in [0, 0.05) is 0 Å². The molecule has 100 valence electrons. The molecule has 1 unspecified atom stereocenters. The monoisotopic (exact) mass is 328 g/mol. The SMILES string of the molecule is COc1ccc(C(O)c2ccc(F)c(F)c2)cc1Br. The first kappa shape index (κ1) is 14.0. The van der Waals surface area contributed by atoms with Crippen LogP contribution in [0.2, 0.25) is 0 Å². The zero-order valence-corrected chi connectivity index (χ0v) is 11.6. The van der Waals surface area contributed by atoms with Crippen molar-refractivity contribution in [2.45, 2.75) is 6.10 Å². The summed E-state index contributed by atoms with van der Waals surface area (Å²) in [5.41, 5.74) is 0.842. The summed E-state index contributed by atoms with van der Waals surface area (Å²) in [7, 11) is 1.53. The Morgan fingerprint density at radius 3 is 2.26 bits per heavy atom. The average Bonchev–Trinajstić information content (AvgIpc) is 2.41. The molecule has 2 aromatic rings. The zero-order chi connectivity index (χ0) is 14.0. The number of aliphatic hydroxyl groups excluding tert-OH is 1. The van der Waals surface area contributed by atoms with Gasteiger partial charge in [0.15, 0.2) is 11.6 Å². The highest BCUT2D eigenvalue weighted by atomic mass is 79.9. The largest absolute Gasteiger partial charge is 0.496 e. The molecule has 0 heterocycles. The van der Waals surface area contributed by atoms with Crippen LogP contribution in [0.1, 0.15) is 17.2 Å². The summed E-state index contributed by atoms with van der Waals surface area (Å²) in [6.07, 6.45) is -1.03. The number of halogens is 3. The summed E-state index contributed by atoms with van der Waals surface area (Å²) in [4.78, 5) is 0. The summed E-state index contributed by atoms with van der Waals surface area (Å²) < 4.78 is 31.7. The van der Waals surface area contributed by atoms with E-state index in [2.05, 4.69) is 15.9 Å². The molecular weight excluding hydrogens is 318 g/mol. The molecule has 0 amide bonds. The van der Waals surface area contributed by atoms with Crippen LogP contribution in [0.15, 0.2) is 40.9 Å². The summed E-state index contributed by atoms with van der Waals surface area (Å²) in [5.74, 6) is -1.29. The maximum atomic E-state index is 13.1. The second-order valence-electron chi connectivity index (χ2n) is 3.97. The molecule has 1 N–H and O–H groups in total. The summed E-state index contributed by atoms with van der Waals surface area (Å²) >= 11 is 3.30. The molecule has 0 aliphatic carbocycles. The number of benzene rings is 2. The van der Waals surface area contributed by atoms with E-state index in [1.54, 1.807) is 18.2 Å². The van der Waals surface area contributed by atoms with Crippen LogP contribution >= 0.6 is 15.9 Å². The fourth-order valence-electron chi connectivity index (χ4n) is 1.73. The van der Waals surface area contributed by atoms with E-state index in [0.717, 1.165) is 12.1 Å². The highest BCUT2D eigenvalue weighted by Crippen LogP contribution is 2.30. The molecule has 19 heavy (non-hydrogen) atoms. The lowest BCUT2D eigenvalue weighted by molar-refractivity contribution is 0.219. The number of ether oxygens (including phenoxy) is 1. The van der Waals surface area contributed by atoms with E-state index < -0.39 is 17.7 Å². The number of rotatable bonds is 3. The molecule has 0 spiro atoms. The molecule has 2 aromatic carbocycles. The van der Waals surface area contributed by atoms with Crippen molar-refractivity contribution in [3.05, 3.63) is 63.6 Å². The van der Waals surface area contributed by atoms with Gasteiger partial charge in [-0.3, -0.25) is 0 Å². The van der Waals surface area contributed by atoms with E-state index in [-0.39, 0.29) is 5.56 Å². The van der Waals surface area contributed by atoms with Crippen LogP contribution < -0.4 is 4.74 Å². The fraction of sp³-hybridized carbons (Fsp3) is 0.143. The normalized spacial score (nSPS) is 12.3. The highest BCUT2D eigenvalue weighted by molar-refractivity contribution is 9.10. The molecule has 0 saturated heterocycles. The minimum Gasteiger partial charge on any atom is -0.496 e. The van der Waals surface area contributed by atoms with Crippen LogP contribution in [0.4, 0.5) is 8.78 Å². The van der Waals surface area contributed by atoms with E-state index in [9.17, 15) is 13.9 Å². The molecule has 0 saturated carbocycles. The second kappa shape index (κ2) is 5.67. The second-order valence-corrected chi connectivity index (χ2v) is 4.82. The van der Waals surface area contributed by atoms with Crippen molar-refractivity contribution in [1.29, 1.82) is 0 Å². The Morgan fingerprint density at radius 1 is 1.05 bits per heavy atom. The van der Waals surface area contributed by atoms with Gasteiger partial charge in [-0.2, -0.15) is 0 Å². The molecule has 0 aliphatic heterocycles. The minimum absolute atomic E-state index is 0.288. The average molecular weight is 329 g/mol. The van der Waals surface area contributed by atoms with Crippen molar-refractivity contribution in [1.82, 2.24) is 0 Å². The van der Waals surface area contributed by atoms with Gasteiger partial charge in [-0.05, 0) is 51.3 Å². The minimum atomic E-state index is -1.03. The van der Waals surface area contributed by atoms with Crippen molar-refractivity contribution < 1.29 is 18.6 Å². The lowest BCUT2D eigenvalue weighted by atomic mass is 10.0. The van der Waals surface area contributed by atoms with Crippen molar-refractivity contribution in [3.63, 3.8) is 0 Å². The predicted molar refractivity (Wildman–Crippen MR) is 71.1 cm³/mol. The maximum Gasteiger partial charge on any atom is 0.159 e. The lowest BCUT2D eigenvalue weighted by Crippen LogP contribution is -2.01. The number of hydrogen-bond donors (Lipinski definition) is 1. The van der Waals surface area contributed by atoms with Gasteiger partial charge >= 0.3 is 0 Å². The fourth-order valence-corrected chi connectivity index (χ4v) is 2.29. The molecule has 2 rings (SSSR count). The van der Waals surface area contributed by atoms with Gasteiger partial charge in [-0.25, -0.2) is 8.78 Å². The Balaban J connectivity index is 2.35. The van der Waals surface area contributed by atoms with Crippen LogP contribution in [0, 0.1) is 11.6 Å². The Bertz CT molecular complexity index is 602. The van der Waals surface area contributed by atoms with Gasteiger partial charge in [0.1, 0.15) is 11.9 Å². The standard InChI is InChI=1S/C14H11BrF2O2/c1-19-13-5-3-8(6-10(13)15)14(18)9-2-4-11(16)12(17)7-9/h2-7,14,18H,1H3. The van der Waals surface area contributed by atoms with E-state index in [1.807, 2.05) is 0 Å². The molecule has 0 fully saturated rings. The molecule has 0 radical (unpaired) electrons. The van der Waals surface area contributed by atoms with E-state index in [0.29, 0.717) is 15.8 Å². The van der Waals surface area contributed by atoms with Gasteiger partial charge in [0.2, 0.25) is 0 Å². The first-order valence-corrected chi connectivity index (χ1v) is 6.28. The predicted octanol–water partition coefficient (Wildman–Crippen LogP) is 3.82. The first-order chi connectivity index (χ1) is 9.02. The quantitative estimate of drug-likeness (QED) is 0.928. The first-order valence-electron chi connectivity index (χ1n) is 5.49. The lowest BCUT2D eigenvalue weighted by Gasteiger charge is -2.13. The third-order valence-corrected chi connectivity index (χ3v) is 3.37. The van der Waals surface area contributed by atoms with Crippen LogP contribution in [-0.4, -0.2) is 12.2 Å². The van der Waals surface area contributed by atoms with Crippen molar-refractivity contribution in [2.24, 2.45) is 0 Å². The molecule has 1 atom stereocenters. The van der Waals surface area contributed by atoms with Crippen molar-refractivity contribution in [3.8, 4) is 5.75 Å². The summed E-state index contributed by atoms with van der Waals surface area (Å²) in [5, 5.41) is 10.1. The topological polar surface area (TPSA) is 29.5 Å². The molecule has 0 aromatic heterocycles. The number of aliphatic hydroxyl groups is 1. The highest BCUT2D eigenvalue weighted by Gasteiger charge is 2.14. The Labute approximate surface area is 117 Å². The van der Waals surface area contributed by atoms with E-state index >= 15 is 0 Å². The van der Waals surface area contributed by atoms with Crippen LogP contribution in [0.25, 0.3) is 0 Å². The van der Waals surface area contributed by atoms with Gasteiger partial charge in [-0.1, -0.05) is 12.1 Å². The Kier molecular flexibility index (Phi) is 4.17. The molecular formula is C14H11BrF2O2. The Hall–Kier alpha value is -1.46. The van der Waals surface area contributed by atoms with Crippen LogP contribution in [0.3, 0.4) is 0 Å². The third kappa shape index (κ3) is 2.93. The molecule has 0 bridgehead atoms. The maximum absolute atomic E-state index is 13.1. The Morgan fingerprint density at radius 2 is 1.68 bits per heavy atom. The zero-order valence-electron chi connectivity index (χ0n) is 10.0. The van der Waals surface area contributed by atoms with Crippen LogP contribution in [-0.2, 0) is 0 Å². The van der Waals surface area contributed by atoms with E-state index in [1.165, 1.54) is 13.2 Å². The van der Waals surface area contributed by atoms with Crippen molar-refractivity contribution >= 4 is 15.9 Å². The molecule has 5 heteroatoms. The van der Waals surface area contributed by atoms with Gasteiger partial charge in [0.25, 0.3) is 0 Å². The summed E-state index contributed by atoms with van der Waals surface area (Å²) in [6.45, 7) is 0. The van der Waals surface area contributed by atoms with Crippen LogP contribution in [0.5, 0.6) is 5.75 Å². The number of methoxy groups -OCH3 is 1.